The summed E-state index contributed by atoms with van der Waals surface area (Å²) in [7, 11) is 0. The largest absolute Gasteiger partial charge is 0.289 e. The van der Waals surface area contributed by atoms with Crippen LogP contribution in [0, 0.1) is 6.92 Å². The lowest BCUT2D eigenvalue weighted by molar-refractivity contribution is 0.103. The molecule has 0 saturated heterocycles. The summed E-state index contributed by atoms with van der Waals surface area (Å²) in [5, 5.41) is 0.689. The smallest absolute Gasteiger partial charge is 0.193 e. The van der Waals surface area contributed by atoms with Gasteiger partial charge in [-0.1, -0.05) is 49.7 Å². The molecule has 0 fully saturated rings. The summed E-state index contributed by atoms with van der Waals surface area (Å²) in [6.07, 6.45) is 1.10. The van der Waals surface area contributed by atoms with E-state index in [1.54, 1.807) is 12.1 Å². The number of carbonyl (C=O) groups excluding carboxylic acids is 1. The second kappa shape index (κ2) is 6.23. The van der Waals surface area contributed by atoms with Crippen LogP contribution >= 0.6 is 11.6 Å². The molecule has 2 aromatic carbocycles. The highest BCUT2D eigenvalue weighted by Gasteiger charge is 2.11. The molecule has 0 N–H and O–H groups in total. The van der Waals surface area contributed by atoms with Gasteiger partial charge in [-0.25, -0.2) is 0 Å². The number of hydrogen-bond acceptors (Lipinski definition) is 1. The maximum Gasteiger partial charge on any atom is 0.193 e. The molecule has 1 atom stereocenters. The van der Waals surface area contributed by atoms with Crippen LogP contribution in [0.2, 0.25) is 5.02 Å². The summed E-state index contributed by atoms with van der Waals surface area (Å²) in [4.78, 5) is 12.4. The van der Waals surface area contributed by atoms with Crippen molar-refractivity contribution in [3.63, 3.8) is 0 Å². The quantitative estimate of drug-likeness (QED) is 0.688. The number of aryl methyl sites for hydroxylation is 1. The highest BCUT2D eigenvalue weighted by atomic mass is 35.5. The Labute approximate surface area is 125 Å². The van der Waals surface area contributed by atoms with Crippen molar-refractivity contribution in [3.05, 3.63) is 69.7 Å². The molecule has 0 saturated carbocycles. The van der Waals surface area contributed by atoms with E-state index >= 15 is 0 Å². The molecule has 0 heterocycles. The first-order valence-corrected chi connectivity index (χ1v) is 7.31. The average molecular weight is 287 g/mol. The zero-order valence-electron chi connectivity index (χ0n) is 12.1. The van der Waals surface area contributed by atoms with Crippen molar-refractivity contribution >= 4 is 17.4 Å². The lowest BCUT2D eigenvalue weighted by Crippen LogP contribution is -2.02. The Hall–Kier alpha value is -1.60. The van der Waals surface area contributed by atoms with Crippen molar-refractivity contribution in [1.29, 1.82) is 0 Å². The van der Waals surface area contributed by atoms with Gasteiger partial charge in [0, 0.05) is 16.1 Å². The summed E-state index contributed by atoms with van der Waals surface area (Å²) in [6.45, 7) is 6.27. The molecule has 1 nitrogen and oxygen atoms in total. The molecule has 2 aromatic rings. The minimum Gasteiger partial charge on any atom is -0.289 e. The molecule has 104 valence electrons. The number of carbonyl (C=O) groups is 1. The van der Waals surface area contributed by atoms with E-state index in [9.17, 15) is 4.79 Å². The minimum atomic E-state index is 0.0421. The fourth-order valence-electron chi connectivity index (χ4n) is 2.15. The summed E-state index contributed by atoms with van der Waals surface area (Å²) >= 11 is 5.99. The van der Waals surface area contributed by atoms with E-state index in [-0.39, 0.29) is 5.78 Å². The monoisotopic (exact) mass is 286 g/mol. The van der Waals surface area contributed by atoms with Gasteiger partial charge in [0.15, 0.2) is 5.78 Å². The topological polar surface area (TPSA) is 17.1 Å². The van der Waals surface area contributed by atoms with Gasteiger partial charge in [-0.15, -0.1) is 0 Å². The molecule has 0 aliphatic heterocycles. The van der Waals surface area contributed by atoms with Gasteiger partial charge >= 0.3 is 0 Å². The lowest BCUT2D eigenvalue weighted by atomic mass is 9.95. The van der Waals surface area contributed by atoms with Gasteiger partial charge < -0.3 is 0 Å². The minimum absolute atomic E-state index is 0.0421. The SMILES string of the molecule is CCC(C)c1ccc(C(=O)c2ccc(Cl)c(C)c2)cc1. The van der Waals surface area contributed by atoms with E-state index in [0.29, 0.717) is 16.5 Å². The fraction of sp³-hybridized carbons (Fsp3) is 0.278. The average Bonchev–Trinajstić information content (AvgIpc) is 2.48. The molecule has 0 radical (unpaired) electrons. The summed E-state index contributed by atoms with van der Waals surface area (Å²) in [5.74, 6) is 0.567. The van der Waals surface area contributed by atoms with Gasteiger partial charge in [-0.05, 0) is 48.6 Å². The summed E-state index contributed by atoms with van der Waals surface area (Å²) in [5.41, 5.74) is 3.60. The number of hydrogen-bond donors (Lipinski definition) is 0. The van der Waals surface area contributed by atoms with Gasteiger partial charge in [0.25, 0.3) is 0 Å². The van der Waals surface area contributed by atoms with Crippen molar-refractivity contribution < 1.29 is 4.79 Å². The predicted molar refractivity (Wildman–Crippen MR) is 84.8 cm³/mol. The van der Waals surface area contributed by atoms with Crippen molar-refractivity contribution in [2.45, 2.75) is 33.1 Å². The first-order valence-electron chi connectivity index (χ1n) is 6.93. The normalized spacial score (nSPS) is 12.2. The highest BCUT2D eigenvalue weighted by molar-refractivity contribution is 6.31. The molecule has 0 aliphatic rings. The molecule has 0 aromatic heterocycles. The summed E-state index contributed by atoms with van der Waals surface area (Å²) in [6, 6.07) is 13.3. The number of benzene rings is 2. The van der Waals surface area contributed by atoms with Crippen LogP contribution in [-0.2, 0) is 0 Å². The fourth-order valence-corrected chi connectivity index (χ4v) is 2.27. The van der Waals surface area contributed by atoms with Crippen molar-refractivity contribution in [2.24, 2.45) is 0 Å². The van der Waals surface area contributed by atoms with Crippen molar-refractivity contribution in [2.75, 3.05) is 0 Å². The first-order chi connectivity index (χ1) is 9.52. The first kappa shape index (κ1) is 14.8. The Morgan fingerprint density at radius 2 is 1.70 bits per heavy atom. The molecule has 2 rings (SSSR count). The maximum atomic E-state index is 12.4. The van der Waals surface area contributed by atoms with Crippen LogP contribution in [0.4, 0.5) is 0 Å². The third-order valence-corrected chi connectivity index (χ3v) is 4.20. The molecular weight excluding hydrogens is 268 g/mol. The maximum absolute atomic E-state index is 12.4. The second-order valence-electron chi connectivity index (χ2n) is 5.22. The molecule has 0 amide bonds. The van der Waals surface area contributed by atoms with E-state index in [4.69, 9.17) is 11.6 Å². The van der Waals surface area contributed by atoms with Gasteiger partial charge in [0.1, 0.15) is 0 Å². The van der Waals surface area contributed by atoms with Gasteiger partial charge in [-0.3, -0.25) is 4.79 Å². The lowest BCUT2D eigenvalue weighted by Gasteiger charge is -2.09. The van der Waals surface area contributed by atoms with Gasteiger partial charge in [-0.2, -0.15) is 0 Å². The van der Waals surface area contributed by atoms with Crippen LogP contribution < -0.4 is 0 Å². The molecule has 0 bridgehead atoms. The number of halogens is 1. The van der Waals surface area contributed by atoms with Crippen LogP contribution in [-0.4, -0.2) is 5.78 Å². The van der Waals surface area contributed by atoms with E-state index in [1.807, 2.05) is 37.3 Å². The van der Waals surface area contributed by atoms with Gasteiger partial charge in [0.05, 0.1) is 0 Å². The van der Waals surface area contributed by atoms with Crippen LogP contribution in [0.15, 0.2) is 42.5 Å². The Kier molecular flexibility index (Phi) is 4.61. The Balaban J connectivity index is 2.27. The molecule has 0 spiro atoms. The third kappa shape index (κ3) is 3.10. The van der Waals surface area contributed by atoms with E-state index < -0.39 is 0 Å². The van der Waals surface area contributed by atoms with Crippen LogP contribution in [0.5, 0.6) is 0 Å². The van der Waals surface area contributed by atoms with Crippen molar-refractivity contribution in [3.8, 4) is 0 Å². The van der Waals surface area contributed by atoms with Crippen LogP contribution in [0.1, 0.15) is 53.2 Å². The Morgan fingerprint density at radius 1 is 1.10 bits per heavy atom. The van der Waals surface area contributed by atoms with Crippen LogP contribution in [0.3, 0.4) is 0 Å². The second-order valence-corrected chi connectivity index (χ2v) is 5.63. The van der Waals surface area contributed by atoms with Crippen molar-refractivity contribution in [1.82, 2.24) is 0 Å². The summed E-state index contributed by atoms with van der Waals surface area (Å²) < 4.78 is 0. The zero-order valence-corrected chi connectivity index (χ0v) is 12.9. The van der Waals surface area contributed by atoms with E-state index in [0.717, 1.165) is 17.5 Å². The molecule has 1 unspecified atom stereocenters. The van der Waals surface area contributed by atoms with E-state index in [1.165, 1.54) is 5.56 Å². The molecular formula is C18H19ClO. The Bertz CT molecular complexity index is 614. The third-order valence-electron chi connectivity index (χ3n) is 3.77. The highest BCUT2D eigenvalue weighted by Crippen LogP contribution is 2.21. The Morgan fingerprint density at radius 3 is 2.25 bits per heavy atom. The van der Waals surface area contributed by atoms with Gasteiger partial charge in [0.2, 0.25) is 0 Å². The number of ketones is 1. The molecule has 2 heteroatoms. The predicted octanol–water partition coefficient (Wildman–Crippen LogP) is 5.39. The standard InChI is InChI=1S/C18H19ClO/c1-4-12(2)14-5-7-15(8-6-14)18(20)16-9-10-17(19)13(3)11-16/h5-12H,4H2,1-3H3. The van der Waals surface area contributed by atoms with Crippen LogP contribution in [0.25, 0.3) is 0 Å². The molecule has 20 heavy (non-hydrogen) atoms. The molecule has 0 aliphatic carbocycles. The van der Waals surface area contributed by atoms with E-state index in [2.05, 4.69) is 13.8 Å². The zero-order chi connectivity index (χ0) is 14.7. The number of rotatable bonds is 4.